The molecule has 1 aromatic heterocycles. The number of benzene rings is 2. The number of halogens is 1. The van der Waals surface area contributed by atoms with E-state index in [2.05, 4.69) is 34.0 Å². The molecule has 0 spiro atoms. The second kappa shape index (κ2) is 12.0. The number of nitrogens with one attached hydrogen (secondary N) is 1. The quantitative estimate of drug-likeness (QED) is 0.379. The maximum atomic E-state index is 13.2. The van der Waals surface area contributed by atoms with Crippen molar-refractivity contribution in [2.75, 3.05) is 59.5 Å². The fourth-order valence-corrected chi connectivity index (χ4v) is 5.59. The van der Waals surface area contributed by atoms with Crippen molar-refractivity contribution in [2.24, 2.45) is 5.92 Å². The zero-order valence-corrected chi connectivity index (χ0v) is 23.5. The van der Waals surface area contributed by atoms with Crippen molar-refractivity contribution in [2.45, 2.75) is 32.7 Å². The number of ether oxygens (including phenoxy) is 2. The van der Waals surface area contributed by atoms with Crippen LogP contribution in [0.25, 0.3) is 10.9 Å². The van der Waals surface area contributed by atoms with E-state index in [-0.39, 0.29) is 18.1 Å². The van der Waals surface area contributed by atoms with Gasteiger partial charge < -0.3 is 24.3 Å². The number of hydrogen-bond donors (Lipinski definition) is 1. The van der Waals surface area contributed by atoms with Crippen molar-refractivity contribution in [1.82, 2.24) is 19.7 Å². The summed E-state index contributed by atoms with van der Waals surface area (Å²) in [4.78, 5) is 23.5. The monoisotopic (exact) mass is 538 g/mol. The van der Waals surface area contributed by atoms with Gasteiger partial charge in [-0.05, 0) is 67.3 Å². The summed E-state index contributed by atoms with van der Waals surface area (Å²) in [6, 6.07) is 13.8. The molecule has 1 amide bonds. The first-order chi connectivity index (χ1) is 18.4. The van der Waals surface area contributed by atoms with Crippen LogP contribution in [-0.4, -0.2) is 85.3 Å². The van der Waals surface area contributed by atoms with Gasteiger partial charge in [-0.25, -0.2) is 4.79 Å². The van der Waals surface area contributed by atoms with Gasteiger partial charge >= 0.3 is 6.09 Å². The Morgan fingerprint density at radius 1 is 1.08 bits per heavy atom. The average Bonchev–Trinajstić information content (AvgIpc) is 3.28. The Hall–Kier alpha value is -2.74. The molecule has 1 atom stereocenters. The smallest absolute Gasteiger partial charge is 0.410 e. The van der Waals surface area contributed by atoms with Gasteiger partial charge in [-0.3, -0.25) is 4.90 Å². The van der Waals surface area contributed by atoms with Crippen molar-refractivity contribution in [1.29, 1.82) is 0 Å². The summed E-state index contributed by atoms with van der Waals surface area (Å²) in [6.07, 6.45) is 1.47. The standard InChI is InChI=1S/C30H39ClN4O3/c1-21(2)20-38-30(36)35-13-11-25-26-19-23(31)7-10-27(26)32-28(25)29(35)22-5-8-24(9-6-22)37-18-4-12-34-16-14-33(3)15-17-34/h5-10,19,21,29,32H,4,11-18,20H2,1-3H3. The first-order valence-electron chi connectivity index (χ1n) is 13.8. The number of rotatable bonds is 8. The topological polar surface area (TPSA) is 61.0 Å². The summed E-state index contributed by atoms with van der Waals surface area (Å²) < 4.78 is 11.7. The van der Waals surface area contributed by atoms with E-state index in [0.717, 1.165) is 73.5 Å². The van der Waals surface area contributed by atoms with Crippen LogP contribution in [0, 0.1) is 5.92 Å². The Morgan fingerprint density at radius 3 is 2.58 bits per heavy atom. The van der Waals surface area contributed by atoms with Gasteiger partial charge in [0.25, 0.3) is 0 Å². The van der Waals surface area contributed by atoms with Crippen molar-refractivity contribution < 1.29 is 14.3 Å². The zero-order chi connectivity index (χ0) is 26.6. The van der Waals surface area contributed by atoms with E-state index in [4.69, 9.17) is 21.1 Å². The molecule has 5 rings (SSSR count). The van der Waals surface area contributed by atoms with E-state index in [1.807, 2.05) is 49.1 Å². The van der Waals surface area contributed by atoms with Crippen LogP contribution < -0.4 is 4.74 Å². The zero-order valence-electron chi connectivity index (χ0n) is 22.7. The number of amides is 1. The highest BCUT2D eigenvalue weighted by atomic mass is 35.5. The van der Waals surface area contributed by atoms with Crippen LogP contribution in [0.1, 0.15) is 43.1 Å². The minimum absolute atomic E-state index is 0.268. The molecule has 0 radical (unpaired) electrons. The Bertz CT molecular complexity index is 1230. The number of fused-ring (bicyclic) bond motifs is 3. The van der Waals surface area contributed by atoms with E-state index in [1.54, 1.807) is 0 Å². The third kappa shape index (κ3) is 6.11. The summed E-state index contributed by atoms with van der Waals surface area (Å²) in [5.41, 5.74) is 4.29. The summed E-state index contributed by atoms with van der Waals surface area (Å²) in [6.45, 7) is 11.4. The highest BCUT2D eigenvalue weighted by molar-refractivity contribution is 6.31. The van der Waals surface area contributed by atoms with Gasteiger partial charge in [-0.2, -0.15) is 0 Å². The van der Waals surface area contributed by atoms with Gasteiger partial charge in [-0.15, -0.1) is 0 Å². The Balaban J connectivity index is 1.31. The molecule has 2 aliphatic heterocycles. The molecule has 1 saturated heterocycles. The Kier molecular flexibility index (Phi) is 8.46. The molecule has 1 unspecified atom stereocenters. The number of piperazine rings is 1. The largest absolute Gasteiger partial charge is 0.494 e. The molecule has 2 aromatic carbocycles. The Morgan fingerprint density at radius 2 is 1.84 bits per heavy atom. The average molecular weight is 539 g/mol. The van der Waals surface area contributed by atoms with E-state index in [9.17, 15) is 4.79 Å². The summed E-state index contributed by atoms with van der Waals surface area (Å²) in [5, 5.41) is 1.83. The van der Waals surface area contributed by atoms with Crippen LogP contribution in [-0.2, 0) is 11.2 Å². The number of aromatic amines is 1. The van der Waals surface area contributed by atoms with E-state index in [1.165, 1.54) is 5.56 Å². The molecule has 2 aliphatic rings. The lowest BCUT2D eigenvalue weighted by atomic mass is 9.92. The number of nitrogens with zero attached hydrogens (tertiary/aromatic N) is 3. The van der Waals surface area contributed by atoms with Gasteiger partial charge in [0.05, 0.1) is 13.2 Å². The second-order valence-corrected chi connectivity index (χ2v) is 11.4. The van der Waals surface area contributed by atoms with E-state index < -0.39 is 0 Å². The lowest BCUT2D eigenvalue weighted by Crippen LogP contribution is -2.44. The molecule has 0 bridgehead atoms. The van der Waals surface area contributed by atoms with Crippen molar-refractivity contribution in [3.8, 4) is 5.75 Å². The lowest BCUT2D eigenvalue weighted by molar-refractivity contribution is 0.0797. The van der Waals surface area contributed by atoms with Gasteiger partial charge in [-0.1, -0.05) is 37.6 Å². The molecular weight excluding hydrogens is 500 g/mol. The summed E-state index contributed by atoms with van der Waals surface area (Å²) in [7, 11) is 2.18. The maximum absolute atomic E-state index is 13.2. The summed E-state index contributed by atoms with van der Waals surface area (Å²) >= 11 is 6.32. The third-order valence-electron chi connectivity index (χ3n) is 7.54. The van der Waals surface area contributed by atoms with Gasteiger partial charge in [0.2, 0.25) is 0 Å². The maximum Gasteiger partial charge on any atom is 0.410 e. The molecule has 0 saturated carbocycles. The minimum Gasteiger partial charge on any atom is -0.494 e. The fraction of sp³-hybridized carbons (Fsp3) is 0.500. The minimum atomic E-state index is -0.282. The predicted octanol–water partition coefficient (Wildman–Crippen LogP) is 5.58. The molecule has 1 fully saturated rings. The molecule has 8 heteroatoms. The first kappa shape index (κ1) is 26.9. The third-order valence-corrected chi connectivity index (χ3v) is 7.78. The molecule has 0 aliphatic carbocycles. The lowest BCUT2D eigenvalue weighted by Gasteiger charge is -2.35. The van der Waals surface area contributed by atoms with Crippen LogP contribution in [0.3, 0.4) is 0 Å². The molecule has 1 N–H and O–H groups in total. The van der Waals surface area contributed by atoms with Crippen LogP contribution in [0.5, 0.6) is 5.75 Å². The molecular formula is C30H39ClN4O3. The van der Waals surface area contributed by atoms with Crippen molar-refractivity contribution >= 4 is 28.6 Å². The SMILES string of the molecule is CC(C)COC(=O)N1CCc2c([nH]c3ccc(Cl)cc23)C1c1ccc(OCCCN2CCN(C)CC2)cc1. The van der Waals surface area contributed by atoms with Crippen molar-refractivity contribution in [3.63, 3.8) is 0 Å². The highest BCUT2D eigenvalue weighted by Crippen LogP contribution is 2.39. The fourth-order valence-electron chi connectivity index (χ4n) is 5.42. The van der Waals surface area contributed by atoms with Crippen molar-refractivity contribution in [3.05, 3.63) is 64.3 Å². The number of aromatic nitrogens is 1. The Labute approximate surface area is 230 Å². The van der Waals surface area contributed by atoms with E-state index >= 15 is 0 Å². The molecule has 204 valence electrons. The predicted molar refractivity (Wildman–Crippen MR) is 152 cm³/mol. The molecule has 3 heterocycles. The second-order valence-electron chi connectivity index (χ2n) is 10.9. The first-order valence-corrected chi connectivity index (χ1v) is 14.1. The van der Waals surface area contributed by atoms with Crippen LogP contribution in [0.2, 0.25) is 5.02 Å². The summed E-state index contributed by atoms with van der Waals surface area (Å²) in [5.74, 6) is 1.13. The number of carbonyl (C=O) groups excluding carboxylic acids is 1. The highest BCUT2D eigenvalue weighted by Gasteiger charge is 2.35. The number of carbonyl (C=O) groups is 1. The van der Waals surface area contributed by atoms with Gasteiger partial charge in [0, 0.05) is 60.9 Å². The van der Waals surface area contributed by atoms with Gasteiger partial charge in [0.1, 0.15) is 11.8 Å². The van der Waals surface area contributed by atoms with Crippen LogP contribution >= 0.6 is 11.6 Å². The number of likely N-dealkylation sites (N-methyl/N-ethyl adjacent to an activating group) is 1. The van der Waals surface area contributed by atoms with E-state index in [0.29, 0.717) is 24.8 Å². The number of hydrogen-bond acceptors (Lipinski definition) is 5. The molecule has 7 nitrogen and oxygen atoms in total. The molecule has 38 heavy (non-hydrogen) atoms. The van der Waals surface area contributed by atoms with Crippen LogP contribution in [0.15, 0.2) is 42.5 Å². The normalized spacial score (nSPS) is 18.7. The van der Waals surface area contributed by atoms with Crippen LogP contribution in [0.4, 0.5) is 4.79 Å². The number of H-pyrrole nitrogens is 1. The molecule has 3 aromatic rings. The van der Waals surface area contributed by atoms with Gasteiger partial charge in [0.15, 0.2) is 0 Å².